The van der Waals surface area contributed by atoms with E-state index in [2.05, 4.69) is 83.2 Å². The first kappa shape index (κ1) is 51.9. The lowest BCUT2D eigenvalue weighted by molar-refractivity contribution is 0.00214. The van der Waals surface area contributed by atoms with Gasteiger partial charge in [-0.3, -0.25) is 9.80 Å². The number of hydrogen-bond acceptors (Lipinski definition) is 6. The maximum atomic E-state index is 5.63. The Morgan fingerprint density at radius 3 is 1.90 bits per heavy atom. The summed E-state index contributed by atoms with van der Waals surface area (Å²) < 4.78 is 16.2. The Kier molecular flexibility index (Phi) is 33.8. The molecule has 4 aliphatic rings. The van der Waals surface area contributed by atoms with Gasteiger partial charge in [0, 0.05) is 57.7 Å². The molecule has 6 heteroatoms. The molecule has 0 aromatic heterocycles. The average Bonchev–Trinajstić information content (AvgIpc) is 3.83. The van der Waals surface area contributed by atoms with Crippen LogP contribution < -0.4 is 0 Å². The van der Waals surface area contributed by atoms with Crippen molar-refractivity contribution < 1.29 is 14.2 Å². The average molecular weight is 686 g/mol. The van der Waals surface area contributed by atoms with Crippen molar-refractivity contribution in [2.24, 2.45) is 17.3 Å². The molecule has 1 spiro atoms. The maximum Gasteiger partial charge on any atom is 0.0624 e. The topological polar surface area (TPSA) is 37.4 Å². The standard InChI is InChI=1S/C13H23NO.C13H27NO.C8H17NO.4C2H6/c1-4-14-8-5-12(11(2)3)13(14)6-9-15-10-7-13;1-6-14-9-8-11(13(3,4)5)12(14)10-15-7-2;1-9-6-3-4-8(9)5-7-10-2;4*1-2/h5,11H,4,6-10H2,1-3H3;11-12H,6-10H2,1-5H3;8H,3-7H2,1-2H3;4*1-2H3. The highest BCUT2D eigenvalue weighted by atomic mass is 16.5. The van der Waals surface area contributed by atoms with Gasteiger partial charge in [0.25, 0.3) is 0 Å². The van der Waals surface area contributed by atoms with Gasteiger partial charge < -0.3 is 19.1 Å². The highest BCUT2D eigenvalue weighted by Gasteiger charge is 2.44. The molecule has 0 aromatic carbocycles. The molecule has 6 nitrogen and oxygen atoms in total. The molecule has 4 aliphatic heterocycles. The SMILES string of the molecule is CC.CC.CC.CC.CCN1CC=C(C(C)C)C12CCOCC2.CCOCC1C(C(C)(C)C)CCN1CC.COCCC1CCCN1C. The molecule has 4 heterocycles. The van der Waals surface area contributed by atoms with Gasteiger partial charge in [-0.05, 0) is 101 Å². The Morgan fingerprint density at radius 2 is 1.48 bits per heavy atom. The van der Waals surface area contributed by atoms with E-state index < -0.39 is 0 Å². The van der Waals surface area contributed by atoms with Crippen LogP contribution in [0.5, 0.6) is 0 Å². The van der Waals surface area contributed by atoms with Crippen molar-refractivity contribution in [3.05, 3.63) is 11.6 Å². The lowest BCUT2D eigenvalue weighted by Gasteiger charge is -2.44. The third kappa shape index (κ3) is 17.6. The molecule has 3 fully saturated rings. The first-order valence-corrected chi connectivity index (χ1v) is 20.6. The number of nitrogens with zero attached hydrogens (tertiary/aromatic N) is 3. The quantitative estimate of drug-likeness (QED) is 0.225. The molecule has 0 N–H and O–H groups in total. The van der Waals surface area contributed by atoms with Gasteiger partial charge in [0.15, 0.2) is 0 Å². The van der Waals surface area contributed by atoms with Gasteiger partial charge in [-0.15, -0.1) is 0 Å². The number of likely N-dealkylation sites (N-methyl/N-ethyl adjacent to an activating group) is 2. The predicted molar refractivity (Wildman–Crippen MR) is 216 cm³/mol. The molecule has 3 unspecified atom stereocenters. The molecular formula is C42H91N3O3. The second-order valence-electron chi connectivity index (χ2n) is 13.7. The van der Waals surface area contributed by atoms with Crippen LogP contribution in [-0.4, -0.2) is 112 Å². The molecule has 0 amide bonds. The summed E-state index contributed by atoms with van der Waals surface area (Å²) in [5.41, 5.74) is 2.42. The highest BCUT2D eigenvalue weighted by Crippen LogP contribution is 2.42. The van der Waals surface area contributed by atoms with Crippen LogP contribution in [0, 0.1) is 17.3 Å². The number of likely N-dealkylation sites (tertiary alicyclic amines) is 2. The summed E-state index contributed by atoms with van der Waals surface area (Å²) in [6.45, 7) is 44.8. The summed E-state index contributed by atoms with van der Waals surface area (Å²) in [7, 11) is 3.97. The number of methoxy groups -OCH3 is 1. The fourth-order valence-corrected chi connectivity index (χ4v) is 7.65. The molecule has 48 heavy (non-hydrogen) atoms. The van der Waals surface area contributed by atoms with E-state index in [4.69, 9.17) is 14.2 Å². The molecule has 0 saturated carbocycles. The fraction of sp³-hybridized carbons (Fsp3) is 0.952. The summed E-state index contributed by atoms with van der Waals surface area (Å²) >= 11 is 0. The molecule has 0 aromatic rings. The zero-order valence-corrected chi connectivity index (χ0v) is 36.3. The Hall–Kier alpha value is -0.500. The minimum atomic E-state index is 0.348. The second-order valence-corrected chi connectivity index (χ2v) is 13.7. The van der Waals surface area contributed by atoms with E-state index >= 15 is 0 Å². The normalized spacial score (nSPS) is 23.4. The minimum Gasteiger partial charge on any atom is -0.385 e. The van der Waals surface area contributed by atoms with Gasteiger partial charge >= 0.3 is 0 Å². The lowest BCUT2D eigenvalue weighted by Crippen LogP contribution is -2.50. The van der Waals surface area contributed by atoms with Crippen molar-refractivity contribution in [2.45, 2.75) is 167 Å². The highest BCUT2D eigenvalue weighted by molar-refractivity contribution is 5.29. The molecule has 0 aliphatic carbocycles. The van der Waals surface area contributed by atoms with E-state index in [9.17, 15) is 0 Å². The largest absolute Gasteiger partial charge is 0.385 e. The first-order valence-electron chi connectivity index (χ1n) is 20.6. The summed E-state index contributed by atoms with van der Waals surface area (Å²) in [6, 6.07) is 1.43. The minimum absolute atomic E-state index is 0.348. The molecule has 0 radical (unpaired) electrons. The van der Waals surface area contributed by atoms with E-state index in [0.717, 1.165) is 64.6 Å². The van der Waals surface area contributed by atoms with E-state index in [1.54, 1.807) is 12.7 Å². The van der Waals surface area contributed by atoms with Crippen LogP contribution in [0.3, 0.4) is 0 Å². The molecule has 0 bridgehead atoms. The van der Waals surface area contributed by atoms with E-state index in [1.165, 1.54) is 51.6 Å². The van der Waals surface area contributed by atoms with E-state index in [0.29, 0.717) is 22.9 Å². The summed E-state index contributed by atoms with van der Waals surface area (Å²) in [4.78, 5) is 7.63. The number of rotatable bonds is 9. The van der Waals surface area contributed by atoms with Crippen molar-refractivity contribution in [1.82, 2.24) is 14.7 Å². The van der Waals surface area contributed by atoms with Crippen LogP contribution in [0.15, 0.2) is 11.6 Å². The van der Waals surface area contributed by atoms with Crippen molar-refractivity contribution >= 4 is 0 Å². The van der Waals surface area contributed by atoms with Crippen molar-refractivity contribution in [3.63, 3.8) is 0 Å². The summed E-state index contributed by atoms with van der Waals surface area (Å²) in [5.74, 6) is 1.46. The van der Waals surface area contributed by atoms with Crippen molar-refractivity contribution in [1.29, 1.82) is 0 Å². The molecule has 3 atom stereocenters. The second kappa shape index (κ2) is 31.3. The Balaban J connectivity index is -0.000000580. The van der Waals surface area contributed by atoms with E-state index in [1.807, 2.05) is 55.4 Å². The van der Waals surface area contributed by atoms with Crippen LogP contribution in [0.2, 0.25) is 0 Å². The fourth-order valence-electron chi connectivity index (χ4n) is 7.65. The number of ether oxygens (including phenoxy) is 3. The van der Waals surface area contributed by atoms with Gasteiger partial charge in [0.2, 0.25) is 0 Å². The zero-order chi connectivity index (χ0) is 37.8. The predicted octanol–water partition coefficient (Wildman–Crippen LogP) is 10.5. The van der Waals surface area contributed by atoms with E-state index in [-0.39, 0.29) is 0 Å². The summed E-state index contributed by atoms with van der Waals surface area (Å²) in [6.07, 6.45) is 10.1. The monoisotopic (exact) mass is 686 g/mol. The van der Waals surface area contributed by atoms with Crippen molar-refractivity contribution in [3.8, 4) is 0 Å². The van der Waals surface area contributed by atoms with Gasteiger partial charge in [-0.1, -0.05) is 110 Å². The van der Waals surface area contributed by atoms with Gasteiger partial charge in [-0.2, -0.15) is 0 Å². The number of hydrogen-bond donors (Lipinski definition) is 0. The van der Waals surface area contributed by atoms with Crippen LogP contribution in [0.4, 0.5) is 0 Å². The van der Waals surface area contributed by atoms with Crippen LogP contribution in [0.1, 0.15) is 149 Å². The zero-order valence-electron chi connectivity index (χ0n) is 36.3. The Labute approximate surface area is 304 Å². The van der Waals surface area contributed by atoms with Gasteiger partial charge in [0.05, 0.1) is 6.61 Å². The third-order valence-corrected chi connectivity index (χ3v) is 10.00. The molecule has 3 saturated heterocycles. The molecule has 4 rings (SSSR count). The molecular weight excluding hydrogens is 594 g/mol. The van der Waals surface area contributed by atoms with Crippen LogP contribution in [0.25, 0.3) is 0 Å². The molecule has 292 valence electrons. The maximum absolute atomic E-state index is 5.63. The van der Waals surface area contributed by atoms with Crippen LogP contribution >= 0.6 is 0 Å². The van der Waals surface area contributed by atoms with Gasteiger partial charge in [0.1, 0.15) is 0 Å². The third-order valence-electron chi connectivity index (χ3n) is 10.00. The Bertz CT molecular complexity index is 715. The van der Waals surface area contributed by atoms with Crippen molar-refractivity contribution in [2.75, 3.05) is 79.9 Å². The van der Waals surface area contributed by atoms with Gasteiger partial charge in [-0.25, -0.2) is 0 Å². The summed E-state index contributed by atoms with van der Waals surface area (Å²) in [5, 5.41) is 0. The first-order chi connectivity index (χ1) is 23.0. The van der Waals surface area contributed by atoms with Crippen LogP contribution in [-0.2, 0) is 14.2 Å². The Morgan fingerprint density at radius 1 is 0.896 bits per heavy atom. The smallest absolute Gasteiger partial charge is 0.0624 e. The lowest BCUT2D eigenvalue weighted by atomic mass is 9.76.